The van der Waals surface area contributed by atoms with Gasteiger partial charge in [0.15, 0.2) is 0 Å². The highest BCUT2D eigenvalue weighted by molar-refractivity contribution is 6.04. The molecule has 102 valence electrons. The Hall–Kier alpha value is -1.85. The molecule has 0 unspecified atom stereocenters. The first-order valence-electron chi connectivity index (χ1n) is 6.76. The van der Waals surface area contributed by atoms with E-state index in [9.17, 15) is 9.59 Å². The number of nitrogens with zero attached hydrogens (tertiary/aromatic N) is 3. The zero-order valence-corrected chi connectivity index (χ0v) is 11.0. The molecular formula is C13H17N3O3. The number of amides is 3. The lowest BCUT2D eigenvalue weighted by Crippen LogP contribution is -2.38. The number of hydrogen-bond donors (Lipinski definition) is 0. The Morgan fingerprint density at radius 1 is 1.42 bits per heavy atom. The highest BCUT2D eigenvalue weighted by atomic mass is 16.4. The maximum absolute atomic E-state index is 12.2. The molecule has 2 aliphatic rings. The van der Waals surface area contributed by atoms with Crippen molar-refractivity contribution in [3.63, 3.8) is 0 Å². The molecule has 0 aliphatic carbocycles. The second-order valence-electron chi connectivity index (χ2n) is 4.99. The van der Waals surface area contributed by atoms with Crippen LogP contribution in [0.1, 0.15) is 37.8 Å². The molecule has 3 amide bonds. The Kier molecular flexibility index (Phi) is 3.00. The fraction of sp³-hybridized carbons (Fsp3) is 0.615. The van der Waals surface area contributed by atoms with E-state index in [1.165, 1.54) is 4.90 Å². The smallest absolute Gasteiger partial charge is 0.327 e. The zero-order chi connectivity index (χ0) is 13.4. The van der Waals surface area contributed by atoms with Gasteiger partial charge >= 0.3 is 6.03 Å². The van der Waals surface area contributed by atoms with Crippen molar-refractivity contribution in [2.45, 2.75) is 45.2 Å². The molecule has 3 rings (SSSR count). The maximum atomic E-state index is 12.2. The lowest BCUT2D eigenvalue weighted by atomic mass is 10.0. The van der Waals surface area contributed by atoms with Gasteiger partial charge in [-0.3, -0.25) is 9.69 Å². The fourth-order valence-corrected chi connectivity index (χ4v) is 2.71. The Morgan fingerprint density at radius 2 is 2.26 bits per heavy atom. The van der Waals surface area contributed by atoms with Crippen molar-refractivity contribution < 1.29 is 14.0 Å². The van der Waals surface area contributed by atoms with Gasteiger partial charge < -0.3 is 9.32 Å². The summed E-state index contributed by atoms with van der Waals surface area (Å²) in [6.07, 6.45) is 5.15. The van der Waals surface area contributed by atoms with Crippen molar-refractivity contribution in [2.24, 2.45) is 0 Å². The molecule has 2 fully saturated rings. The number of urea groups is 1. The van der Waals surface area contributed by atoms with Crippen molar-refractivity contribution in [1.29, 1.82) is 0 Å². The summed E-state index contributed by atoms with van der Waals surface area (Å²) in [6, 6.07) is -0.465. The van der Waals surface area contributed by atoms with Crippen LogP contribution in [0.3, 0.4) is 0 Å². The normalized spacial score (nSPS) is 23.1. The molecule has 6 heteroatoms. The van der Waals surface area contributed by atoms with Crippen LogP contribution >= 0.6 is 0 Å². The third-order valence-corrected chi connectivity index (χ3v) is 3.77. The van der Waals surface area contributed by atoms with Crippen LogP contribution in [0.25, 0.3) is 0 Å². The van der Waals surface area contributed by atoms with Gasteiger partial charge in [-0.05, 0) is 19.3 Å². The molecule has 2 aliphatic heterocycles. The highest BCUT2D eigenvalue weighted by Gasteiger charge is 2.46. The number of aromatic nitrogens is 1. The van der Waals surface area contributed by atoms with E-state index in [4.69, 9.17) is 4.42 Å². The van der Waals surface area contributed by atoms with Gasteiger partial charge in [-0.25, -0.2) is 9.78 Å². The Bertz CT molecular complexity index is 487. The van der Waals surface area contributed by atoms with Crippen molar-refractivity contribution in [3.8, 4) is 0 Å². The summed E-state index contributed by atoms with van der Waals surface area (Å²) in [6.45, 7) is 2.79. The zero-order valence-electron chi connectivity index (χ0n) is 11.0. The van der Waals surface area contributed by atoms with Gasteiger partial charge in [0.1, 0.15) is 18.3 Å². The molecule has 19 heavy (non-hydrogen) atoms. The van der Waals surface area contributed by atoms with Gasteiger partial charge in [0.2, 0.25) is 5.89 Å². The molecule has 1 aromatic rings. The van der Waals surface area contributed by atoms with E-state index >= 15 is 0 Å². The number of piperidine rings is 1. The Labute approximate surface area is 111 Å². The third-order valence-electron chi connectivity index (χ3n) is 3.77. The number of fused-ring (bicyclic) bond motifs is 1. The molecule has 0 saturated carbocycles. The summed E-state index contributed by atoms with van der Waals surface area (Å²) in [5, 5.41) is 0. The first-order chi connectivity index (χ1) is 9.20. The third kappa shape index (κ3) is 2.01. The first-order valence-corrected chi connectivity index (χ1v) is 6.76. The van der Waals surface area contributed by atoms with E-state index in [1.807, 2.05) is 6.92 Å². The van der Waals surface area contributed by atoms with Crippen LogP contribution in [0, 0.1) is 0 Å². The van der Waals surface area contributed by atoms with E-state index in [1.54, 1.807) is 11.1 Å². The van der Waals surface area contributed by atoms with Gasteiger partial charge in [0, 0.05) is 13.0 Å². The second-order valence-corrected chi connectivity index (χ2v) is 4.99. The lowest BCUT2D eigenvalue weighted by molar-refractivity contribution is -0.129. The van der Waals surface area contributed by atoms with E-state index < -0.39 is 0 Å². The number of carbonyl (C=O) groups excluding carboxylic acids is 2. The maximum Gasteiger partial charge on any atom is 0.327 e. The van der Waals surface area contributed by atoms with Crippen LogP contribution in [0.2, 0.25) is 0 Å². The van der Waals surface area contributed by atoms with Gasteiger partial charge in [0.05, 0.1) is 6.20 Å². The molecule has 2 saturated heterocycles. The van der Waals surface area contributed by atoms with Crippen molar-refractivity contribution in [3.05, 3.63) is 17.8 Å². The minimum atomic E-state index is -0.262. The molecule has 0 N–H and O–H groups in total. The Morgan fingerprint density at radius 3 is 2.95 bits per heavy atom. The minimum absolute atomic E-state index is 0.110. The predicted octanol–water partition coefficient (Wildman–Crippen LogP) is 1.55. The van der Waals surface area contributed by atoms with Gasteiger partial charge in [-0.2, -0.15) is 0 Å². The molecule has 1 atom stereocenters. The topological polar surface area (TPSA) is 66.7 Å². The molecule has 0 bridgehead atoms. The highest BCUT2D eigenvalue weighted by Crippen LogP contribution is 2.27. The van der Waals surface area contributed by atoms with E-state index in [-0.39, 0.29) is 24.5 Å². The quantitative estimate of drug-likeness (QED) is 0.776. The van der Waals surface area contributed by atoms with Crippen LogP contribution < -0.4 is 0 Å². The average Bonchev–Trinajstić information content (AvgIpc) is 2.99. The van der Waals surface area contributed by atoms with Crippen LogP contribution in [0.15, 0.2) is 10.6 Å². The van der Waals surface area contributed by atoms with Crippen LogP contribution in [-0.2, 0) is 17.8 Å². The summed E-state index contributed by atoms with van der Waals surface area (Å²) in [4.78, 5) is 31.5. The van der Waals surface area contributed by atoms with E-state index in [0.717, 1.165) is 31.4 Å². The Balaban J connectivity index is 1.77. The van der Waals surface area contributed by atoms with Crippen molar-refractivity contribution in [2.75, 3.05) is 6.54 Å². The average molecular weight is 263 g/mol. The standard InChI is InChI=1S/C13H17N3O3/c1-2-9-7-14-11(19-9)8-16-12(17)10-5-3-4-6-15(10)13(16)18/h7,10H,2-6,8H2,1H3/t10-/m1/s1. The van der Waals surface area contributed by atoms with Crippen molar-refractivity contribution >= 4 is 11.9 Å². The van der Waals surface area contributed by atoms with E-state index in [0.29, 0.717) is 12.4 Å². The van der Waals surface area contributed by atoms with Gasteiger partial charge in [0.25, 0.3) is 5.91 Å². The monoisotopic (exact) mass is 263 g/mol. The summed E-state index contributed by atoms with van der Waals surface area (Å²) in [7, 11) is 0. The van der Waals surface area contributed by atoms with Gasteiger partial charge in [-0.15, -0.1) is 0 Å². The summed E-state index contributed by atoms with van der Waals surface area (Å²) in [5.74, 6) is 1.09. The van der Waals surface area contributed by atoms with E-state index in [2.05, 4.69) is 4.98 Å². The molecule has 0 radical (unpaired) electrons. The molecule has 3 heterocycles. The minimum Gasteiger partial charge on any atom is -0.444 e. The number of aryl methyl sites for hydroxylation is 1. The number of imide groups is 1. The van der Waals surface area contributed by atoms with Crippen LogP contribution in [0.5, 0.6) is 0 Å². The van der Waals surface area contributed by atoms with Gasteiger partial charge in [-0.1, -0.05) is 6.92 Å². The largest absolute Gasteiger partial charge is 0.444 e. The molecule has 1 aromatic heterocycles. The lowest BCUT2D eigenvalue weighted by Gasteiger charge is -2.25. The number of rotatable bonds is 3. The second kappa shape index (κ2) is 4.68. The molecule has 0 spiro atoms. The van der Waals surface area contributed by atoms with Crippen molar-refractivity contribution in [1.82, 2.24) is 14.8 Å². The number of hydrogen-bond acceptors (Lipinski definition) is 4. The van der Waals surface area contributed by atoms with Crippen LogP contribution in [-0.4, -0.2) is 39.3 Å². The summed E-state index contributed by atoms with van der Waals surface area (Å²) in [5.41, 5.74) is 0. The first kappa shape index (κ1) is 12.2. The number of oxazole rings is 1. The fourth-order valence-electron chi connectivity index (χ4n) is 2.71. The summed E-state index contributed by atoms with van der Waals surface area (Å²) >= 11 is 0. The predicted molar refractivity (Wildman–Crippen MR) is 66.2 cm³/mol. The summed E-state index contributed by atoms with van der Waals surface area (Å²) < 4.78 is 5.47. The number of carbonyl (C=O) groups is 2. The van der Waals surface area contributed by atoms with Crippen LogP contribution in [0.4, 0.5) is 4.79 Å². The molecule has 6 nitrogen and oxygen atoms in total. The molecule has 0 aromatic carbocycles. The molecular weight excluding hydrogens is 246 g/mol. The SMILES string of the molecule is CCc1cnc(CN2C(=O)[C@H]3CCCCN3C2=O)o1.